The standard InChI is InChI=1S/C20H20N4O4/c1-13(2)16-6-4-5-7-17(16)22-12-14(11-21)20(25)23-18-9-8-15(24(26)27)10-19(18)28-3/h4-10,12-13,22H,1-3H3,(H,23,25)/b14-12-. The summed E-state index contributed by atoms with van der Waals surface area (Å²) in [5.74, 6) is -0.275. The fourth-order valence-electron chi connectivity index (χ4n) is 2.52. The number of anilines is 2. The van der Waals surface area contributed by atoms with Crippen LogP contribution in [0.1, 0.15) is 25.3 Å². The zero-order chi connectivity index (χ0) is 20.7. The summed E-state index contributed by atoms with van der Waals surface area (Å²) in [5, 5.41) is 25.7. The highest BCUT2D eigenvalue weighted by Gasteiger charge is 2.16. The van der Waals surface area contributed by atoms with Gasteiger partial charge in [-0.05, 0) is 23.6 Å². The van der Waals surface area contributed by atoms with Gasteiger partial charge in [-0.2, -0.15) is 5.26 Å². The number of ether oxygens (including phenoxy) is 1. The quantitative estimate of drug-likeness (QED) is 0.322. The van der Waals surface area contributed by atoms with Crippen molar-refractivity contribution in [3.8, 4) is 11.8 Å². The Balaban J connectivity index is 2.22. The Bertz CT molecular complexity index is 961. The molecule has 0 radical (unpaired) electrons. The van der Waals surface area contributed by atoms with E-state index in [1.165, 1.54) is 31.5 Å². The summed E-state index contributed by atoms with van der Waals surface area (Å²) in [7, 11) is 1.33. The van der Waals surface area contributed by atoms with E-state index < -0.39 is 10.8 Å². The highest BCUT2D eigenvalue weighted by atomic mass is 16.6. The van der Waals surface area contributed by atoms with Gasteiger partial charge < -0.3 is 15.4 Å². The maximum absolute atomic E-state index is 12.4. The Morgan fingerprint density at radius 1 is 1.25 bits per heavy atom. The average Bonchev–Trinajstić information content (AvgIpc) is 2.68. The van der Waals surface area contributed by atoms with Crippen LogP contribution >= 0.6 is 0 Å². The lowest BCUT2D eigenvalue weighted by Crippen LogP contribution is -2.15. The molecule has 2 N–H and O–H groups in total. The van der Waals surface area contributed by atoms with E-state index in [-0.39, 0.29) is 28.6 Å². The van der Waals surface area contributed by atoms with Crippen LogP contribution < -0.4 is 15.4 Å². The number of nitro benzene ring substituents is 1. The minimum Gasteiger partial charge on any atom is -0.494 e. The number of rotatable bonds is 7. The molecule has 2 rings (SSSR count). The molecule has 0 fully saturated rings. The monoisotopic (exact) mass is 380 g/mol. The molecule has 0 aliphatic carbocycles. The predicted octanol–water partition coefficient (Wildman–Crippen LogP) is 4.18. The van der Waals surface area contributed by atoms with E-state index in [1.54, 1.807) is 0 Å². The summed E-state index contributed by atoms with van der Waals surface area (Å²) in [5.41, 5.74) is 1.75. The highest BCUT2D eigenvalue weighted by molar-refractivity contribution is 6.07. The molecular formula is C20H20N4O4. The third-order valence-electron chi connectivity index (χ3n) is 3.96. The van der Waals surface area contributed by atoms with Crippen LogP contribution in [0.4, 0.5) is 17.1 Å². The van der Waals surface area contributed by atoms with Crippen molar-refractivity contribution in [1.82, 2.24) is 0 Å². The Kier molecular flexibility index (Phi) is 6.71. The molecule has 8 heteroatoms. The lowest BCUT2D eigenvalue weighted by molar-refractivity contribution is -0.384. The van der Waals surface area contributed by atoms with Gasteiger partial charge in [0.15, 0.2) is 0 Å². The minimum atomic E-state index is -0.663. The maximum Gasteiger partial charge on any atom is 0.273 e. The second-order valence-corrected chi connectivity index (χ2v) is 6.15. The number of para-hydroxylation sites is 1. The zero-order valence-electron chi connectivity index (χ0n) is 15.7. The van der Waals surface area contributed by atoms with Gasteiger partial charge in [0.25, 0.3) is 11.6 Å². The smallest absolute Gasteiger partial charge is 0.273 e. The number of nitro groups is 1. The number of nitriles is 1. The fraction of sp³-hybridized carbons (Fsp3) is 0.200. The summed E-state index contributed by atoms with van der Waals surface area (Å²) in [6.07, 6.45) is 1.33. The minimum absolute atomic E-state index is 0.123. The van der Waals surface area contributed by atoms with Gasteiger partial charge >= 0.3 is 0 Å². The summed E-state index contributed by atoms with van der Waals surface area (Å²) in [4.78, 5) is 22.7. The molecule has 1 amide bonds. The predicted molar refractivity (Wildman–Crippen MR) is 106 cm³/mol. The number of methoxy groups -OCH3 is 1. The molecule has 144 valence electrons. The molecular weight excluding hydrogens is 360 g/mol. The van der Waals surface area contributed by atoms with Crippen LogP contribution in [0.3, 0.4) is 0 Å². The molecule has 28 heavy (non-hydrogen) atoms. The molecule has 8 nitrogen and oxygen atoms in total. The Morgan fingerprint density at radius 3 is 2.57 bits per heavy atom. The summed E-state index contributed by atoms with van der Waals surface area (Å²) in [6.45, 7) is 4.09. The van der Waals surface area contributed by atoms with Crippen LogP contribution in [0.25, 0.3) is 0 Å². The van der Waals surface area contributed by atoms with Crippen molar-refractivity contribution in [3.63, 3.8) is 0 Å². The molecule has 0 heterocycles. The van der Waals surface area contributed by atoms with Crippen LogP contribution in [0.5, 0.6) is 5.75 Å². The van der Waals surface area contributed by atoms with Gasteiger partial charge in [0, 0.05) is 18.0 Å². The average molecular weight is 380 g/mol. The molecule has 0 aliphatic rings. The van der Waals surface area contributed by atoms with E-state index >= 15 is 0 Å². The number of nitrogens with zero attached hydrogens (tertiary/aromatic N) is 2. The molecule has 0 atom stereocenters. The van der Waals surface area contributed by atoms with Gasteiger partial charge in [0.05, 0.1) is 23.8 Å². The van der Waals surface area contributed by atoms with Gasteiger partial charge in [-0.25, -0.2) is 0 Å². The third-order valence-corrected chi connectivity index (χ3v) is 3.96. The molecule has 2 aromatic rings. The Morgan fingerprint density at radius 2 is 1.96 bits per heavy atom. The van der Waals surface area contributed by atoms with E-state index in [0.29, 0.717) is 0 Å². The molecule has 2 aromatic carbocycles. The fourth-order valence-corrected chi connectivity index (χ4v) is 2.52. The topological polar surface area (TPSA) is 117 Å². The van der Waals surface area contributed by atoms with Crippen LogP contribution in [0.15, 0.2) is 54.2 Å². The number of nitrogens with one attached hydrogen (secondary N) is 2. The maximum atomic E-state index is 12.4. The third kappa shape index (κ3) is 4.86. The van der Waals surface area contributed by atoms with Crippen molar-refractivity contribution >= 4 is 23.0 Å². The first kappa shape index (κ1) is 20.5. The molecule has 0 aliphatic heterocycles. The number of amides is 1. The second-order valence-electron chi connectivity index (χ2n) is 6.15. The van der Waals surface area contributed by atoms with E-state index in [4.69, 9.17) is 4.74 Å². The van der Waals surface area contributed by atoms with Gasteiger partial charge in [-0.1, -0.05) is 32.0 Å². The molecule has 0 spiro atoms. The summed E-state index contributed by atoms with van der Waals surface area (Å²) in [6, 6.07) is 13.2. The van der Waals surface area contributed by atoms with E-state index in [1.807, 2.05) is 44.2 Å². The molecule has 0 aromatic heterocycles. The Hall–Kier alpha value is -3.86. The number of hydrogen-bond donors (Lipinski definition) is 2. The van der Waals surface area contributed by atoms with Gasteiger partial charge in [0.2, 0.25) is 0 Å². The largest absolute Gasteiger partial charge is 0.494 e. The highest BCUT2D eigenvalue weighted by Crippen LogP contribution is 2.29. The van der Waals surface area contributed by atoms with Gasteiger partial charge in [-0.3, -0.25) is 14.9 Å². The summed E-state index contributed by atoms with van der Waals surface area (Å²) >= 11 is 0. The number of non-ortho nitro benzene ring substituents is 1. The number of carbonyl (C=O) groups is 1. The van der Waals surface area contributed by atoms with E-state index in [0.717, 1.165) is 11.3 Å². The SMILES string of the molecule is COc1cc([N+](=O)[O-])ccc1NC(=O)/C(C#N)=C\Nc1ccccc1C(C)C. The number of benzene rings is 2. The summed E-state index contributed by atoms with van der Waals surface area (Å²) < 4.78 is 5.08. The van der Waals surface area contributed by atoms with Crippen molar-refractivity contribution in [2.24, 2.45) is 0 Å². The van der Waals surface area contributed by atoms with E-state index in [9.17, 15) is 20.2 Å². The zero-order valence-corrected chi connectivity index (χ0v) is 15.7. The first-order valence-electron chi connectivity index (χ1n) is 8.46. The van der Waals surface area contributed by atoms with E-state index in [2.05, 4.69) is 10.6 Å². The van der Waals surface area contributed by atoms with Crippen molar-refractivity contribution in [2.45, 2.75) is 19.8 Å². The first-order chi connectivity index (χ1) is 13.4. The van der Waals surface area contributed by atoms with Crippen molar-refractivity contribution in [1.29, 1.82) is 5.26 Å². The van der Waals surface area contributed by atoms with Crippen LogP contribution in [-0.4, -0.2) is 17.9 Å². The lowest BCUT2D eigenvalue weighted by atomic mass is 10.0. The normalized spacial score (nSPS) is 10.9. The lowest BCUT2D eigenvalue weighted by Gasteiger charge is -2.13. The van der Waals surface area contributed by atoms with Crippen molar-refractivity contribution in [3.05, 3.63) is 69.9 Å². The van der Waals surface area contributed by atoms with Crippen LogP contribution in [0.2, 0.25) is 0 Å². The van der Waals surface area contributed by atoms with Crippen molar-refractivity contribution in [2.75, 3.05) is 17.7 Å². The Labute approximate surface area is 162 Å². The second kappa shape index (κ2) is 9.19. The number of carbonyl (C=O) groups excluding carboxylic acids is 1. The van der Waals surface area contributed by atoms with Gasteiger partial charge in [-0.15, -0.1) is 0 Å². The molecule has 0 saturated carbocycles. The first-order valence-corrected chi connectivity index (χ1v) is 8.46. The van der Waals surface area contributed by atoms with Crippen LogP contribution in [0, 0.1) is 21.4 Å². The van der Waals surface area contributed by atoms with Crippen LogP contribution in [-0.2, 0) is 4.79 Å². The van der Waals surface area contributed by atoms with Gasteiger partial charge in [0.1, 0.15) is 17.4 Å². The number of hydrogen-bond acceptors (Lipinski definition) is 6. The molecule has 0 bridgehead atoms. The molecule has 0 unspecified atom stereocenters. The van der Waals surface area contributed by atoms with Crippen molar-refractivity contribution < 1.29 is 14.5 Å². The molecule has 0 saturated heterocycles.